The van der Waals surface area contributed by atoms with Crippen LogP contribution < -0.4 is 0 Å². The van der Waals surface area contributed by atoms with Crippen molar-refractivity contribution in [1.29, 1.82) is 0 Å². The molecular formula is C77H140O6. The maximum atomic E-state index is 13.0. The van der Waals surface area contributed by atoms with Crippen LogP contribution in [0.5, 0.6) is 0 Å². The van der Waals surface area contributed by atoms with Crippen molar-refractivity contribution in [1.82, 2.24) is 0 Å². The minimum absolute atomic E-state index is 0.0675. The number of carbonyl (C=O) groups is 3. The minimum Gasteiger partial charge on any atom is -0.462 e. The van der Waals surface area contributed by atoms with E-state index in [4.69, 9.17) is 14.2 Å². The zero-order chi connectivity index (χ0) is 59.9. The summed E-state index contributed by atoms with van der Waals surface area (Å²) in [5, 5.41) is 0. The fraction of sp³-hybridized carbons (Fsp3) is 0.831. The minimum atomic E-state index is -0.771. The van der Waals surface area contributed by atoms with Crippen LogP contribution in [-0.2, 0) is 28.6 Å². The Hall–Kier alpha value is -2.89. The van der Waals surface area contributed by atoms with Crippen molar-refractivity contribution >= 4 is 17.9 Å². The largest absolute Gasteiger partial charge is 0.462 e. The van der Waals surface area contributed by atoms with Crippen LogP contribution in [0.3, 0.4) is 0 Å². The third-order valence-corrected chi connectivity index (χ3v) is 16.5. The summed E-state index contributed by atoms with van der Waals surface area (Å²) in [5.74, 6) is -0.840. The lowest BCUT2D eigenvalue weighted by Crippen LogP contribution is -2.30. The summed E-state index contributed by atoms with van der Waals surface area (Å²) in [6, 6.07) is 0. The predicted molar refractivity (Wildman–Crippen MR) is 362 cm³/mol. The molecule has 0 N–H and O–H groups in total. The molecule has 0 bridgehead atoms. The molecule has 0 aromatic heterocycles. The van der Waals surface area contributed by atoms with Gasteiger partial charge in [0, 0.05) is 19.3 Å². The lowest BCUT2D eigenvalue weighted by atomic mass is 10.0. The molecule has 1 atom stereocenters. The molecule has 0 heterocycles. The van der Waals surface area contributed by atoms with Gasteiger partial charge in [-0.1, -0.05) is 370 Å². The number of carbonyl (C=O) groups excluding carboxylic acids is 3. The normalized spacial score (nSPS) is 12.4. The fourth-order valence-corrected chi connectivity index (χ4v) is 11.1. The Morgan fingerprint density at radius 2 is 0.470 bits per heavy atom. The van der Waals surface area contributed by atoms with Crippen LogP contribution in [0.15, 0.2) is 60.8 Å². The summed E-state index contributed by atoms with van der Waals surface area (Å²) in [4.78, 5) is 38.5. The molecule has 6 nitrogen and oxygen atoms in total. The zero-order valence-corrected chi connectivity index (χ0v) is 55.7. The van der Waals surface area contributed by atoms with E-state index in [-0.39, 0.29) is 31.1 Å². The highest BCUT2D eigenvalue weighted by Gasteiger charge is 2.19. The second-order valence-corrected chi connectivity index (χ2v) is 24.8. The Morgan fingerprint density at radius 3 is 0.735 bits per heavy atom. The van der Waals surface area contributed by atoms with E-state index < -0.39 is 6.10 Å². The van der Waals surface area contributed by atoms with Crippen molar-refractivity contribution in [3.05, 3.63) is 60.8 Å². The Labute approximate surface area is 517 Å². The van der Waals surface area contributed by atoms with E-state index in [9.17, 15) is 14.4 Å². The van der Waals surface area contributed by atoms with Crippen molar-refractivity contribution in [2.75, 3.05) is 13.2 Å². The van der Waals surface area contributed by atoms with Crippen LogP contribution in [0.25, 0.3) is 0 Å². The van der Waals surface area contributed by atoms with E-state index in [1.54, 1.807) is 0 Å². The summed E-state index contributed by atoms with van der Waals surface area (Å²) in [7, 11) is 0. The maximum Gasteiger partial charge on any atom is 0.306 e. The van der Waals surface area contributed by atoms with E-state index in [1.165, 1.54) is 263 Å². The first-order chi connectivity index (χ1) is 41.0. The standard InChI is InChI=1S/C77H140O6/c1-4-7-10-13-16-19-22-25-27-29-31-33-35-37-38-39-40-41-43-44-46-48-50-52-55-58-61-64-67-70-76(79)82-73-74(72-81-75(78)69-66-63-60-57-54-24-21-18-15-12-9-6-3)83-77(80)71-68-65-62-59-56-53-51-49-47-45-42-36-34-32-30-28-26-23-20-17-14-11-8-5-2/h7,10,16,19,25,27,31,33,37-38,74H,4-6,8-9,11-15,17-18,20-24,26,28-30,32,34-36,39-73H2,1-3H3/b10-7-,19-16-,27-25-,33-31-,38-37-. The van der Waals surface area contributed by atoms with Crippen LogP contribution in [-0.4, -0.2) is 37.2 Å². The molecule has 0 aliphatic rings. The van der Waals surface area contributed by atoms with Gasteiger partial charge >= 0.3 is 17.9 Å². The lowest BCUT2D eigenvalue weighted by molar-refractivity contribution is -0.167. The molecule has 0 amide bonds. The number of unbranched alkanes of at least 4 members (excludes halogenated alkanes) is 47. The fourth-order valence-electron chi connectivity index (χ4n) is 11.1. The number of esters is 3. The number of hydrogen-bond acceptors (Lipinski definition) is 6. The molecule has 484 valence electrons. The Morgan fingerprint density at radius 1 is 0.253 bits per heavy atom. The van der Waals surface area contributed by atoms with Gasteiger partial charge in [-0.05, 0) is 64.2 Å². The Kier molecular flexibility index (Phi) is 69.1. The van der Waals surface area contributed by atoms with Crippen molar-refractivity contribution in [2.45, 2.75) is 399 Å². The van der Waals surface area contributed by atoms with Crippen LogP contribution in [0.1, 0.15) is 393 Å². The lowest BCUT2D eigenvalue weighted by Gasteiger charge is -2.18. The van der Waals surface area contributed by atoms with Gasteiger partial charge in [-0.3, -0.25) is 14.4 Å². The molecule has 0 aromatic rings. The van der Waals surface area contributed by atoms with Gasteiger partial charge in [-0.2, -0.15) is 0 Å². The average Bonchev–Trinajstić information content (AvgIpc) is 3.49. The molecule has 0 saturated heterocycles. The van der Waals surface area contributed by atoms with Crippen molar-refractivity contribution in [2.24, 2.45) is 0 Å². The van der Waals surface area contributed by atoms with Gasteiger partial charge in [-0.15, -0.1) is 0 Å². The van der Waals surface area contributed by atoms with Gasteiger partial charge in [-0.25, -0.2) is 0 Å². The third-order valence-electron chi connectivity index (χ3n) is 16.5. The third kappa shape index (κ3) is 69.8. The van der Waals surface area contributed by atoms with Crippen LogP contribution in [0.2, 0.25) is 0 Å². The summed E-state index contributed by atoms with van der Waals surface area (Å²) in [6.07, 6.45) is 92.6. The van der Waals surface area contributed by atoms with Gasteiger partial charge in [0.25, 0.3) is 0 Å². The monoisotopic (exact) mass is 1160 g/mol. The highest BCUT2D eigenvalue weighted by atomic mass is 16.6. The van der Waals surface area contributed by atoms with Crippen molar-refractivity contribution in [3.63, 3.8) is 0 Å². The second-order valence-electron chi connectivity index (χ2n) is 24.8. The number of hydrogen-bond donors (Lipinski definition) is 0. The SMILES string of the molecule is CC/C=C\C/C=C\C/C=C\C/C=C\C/C=C\CCCCCCCCCCCCCCCC(=O)OCC(COC(=O)CCCCCCCCCCCCCC)OC(=O)CCCCCCCCCCCCCCCCCCCCCCCCCC. The van der Waals surface area contributed by atoms with Gasteiger partial charge in [0.15, 0.2) is 6.10 Å². The quantitative estimate of drug-likeness (QED) is 0.0261. The van der Waals surface area contributed by atoms with Gasteiger partial charge in [0.1, 0.15) is 13.2 Å². The molecule has 0 aliphatic carbocycles. The zero-order valence-electron chi connectivity index (χ0n) is 55.7. The predicted octanol–water partition coefficient (Wildman–Crippen LogP) is 25.5. The highest BCUT2D eigenvalue weighted by Crippen LogP contribution is 2.19. The maximum absolute atomic E-state index is 13.0. The molecule has 0 aliphatic heterocycles. The van der Waals surface area contributed by atoms with E-state index in [0.29, 0.717) is 19.3 Å². The summed E-state index contributed by atoms with van der Waals surface area (Å²) in [6.45, 7) is 6.60. The number of allylic oxidation sites excluding steroid dienone is 10. The molecule has 0 fully saturated rings. The van der Waals surface area contributed by atoms with Gasteiger partial charge in [0.05, 0.1) is 0 Å². The van der Waals surface area contributed by atoms with E-state index >= 15 is 0 Å². The smallest absolute Gasteiger partial charge is 0.306 e. The van der Waals surface area contributed by atoms with Crippen molar-refractivity contribution < 1.29 is 28.6 Å². The average molecular weight is 1160 g/mol. The van der Waals surface area contributed by atoms with Crippen LogP contribution >= 0.6 is 0 Å². The molecule has 0 spiro atoms. The van der Waals surface area contributed by atoms with Crippen LogP contribution in [0, 0.1) is 0 Å². The Balaban J connectivity index is 4.19. The highest BCUT2D eigenvalue weighted by molar-refractivity contribution is 5.71. The van der Waals surface area contributed by atoms with E-state index in [0.717, 1.165) is 89.9 Å². The summed E-state index contributed by atoms with van der Waals surface area (Å²) >= 11 is 0. The topological polar surface area (TPSA) is 78.9 Å². The second kappa shape index (κ2) is 71.6. The Bertz CT molecular complexity index is 1470. The van der Waals surface area contributed by atoms with Crippen molar-refractivity contribution in [3.8, 4) is 0 Å². The van der Waals surface area contributed by atoms with E-state index in [1.807, 2.05) is 0 Å². The molecule has 1 unspecified atom stereocenters. The number of ether oxygens (including phenoxy) is 3. The van der Waals surface area contributed by atoms with E-state index in [2.05, 4.69) is 81.5 Å². The first kappa shape index (κ1) is 80.1. The molecule has 6 heteroatoms. The summed E-state index contributed by atoms with van der Waals surface area (Å²) in [5.41, 5.74) is 0. The van der Waals surface area contributed by atoms with Gasteiger partial charge < -0.3 is 14.2 Å². The molecule has 0 saturated carbocycles. The molecule has 0 radical (unpaired) electrons. The molecule has 0 rings (SSSR count). The first-order valence-electron chi connectivity index (χ1n) is 36.8. The number of rotatable bonds is 68. The molecular weight excluding hydrogens is 1020 g/mol. The summed E-state index contributed by atoms with van der Waals surface area (Å²) < 4.78 is 17.0. The molecule has 0 aromatic carbocycles. The first-order valence-corrected chi connectivity index (χ1v) is 36.8. The molecule has 83 heavy (non-hydrogen) atoms. The van der Waals surface area contributed by atoms with Gasteiger partial charge in [0.2, 0.25) is 0 Å². The van der Waals surface area contributed by atoms with Crippen LogP contribution in [0.4, 0.5) is 0 Å².